The Morgan fingerprint density at radius 1 is 1.15 bits per heavy atom. The maximum Gasteiger partial charge on any atom is 0.319 e. The first-order chi connectivity index (χ1) is 12.4. The molecule has 0 aromatic heterocycles. The van der Waals surface area contributed by atoms with Crippen molar-refractivity contribution in [2.75, 3.05) is 18.5 Å². The molecule has 0 aliphatic heterocycles. The molecular weight excluding hydrogens is 424 g/mol. The molecule has 26 heavy (non-hydrogen) atoms. The Hall–Kier alpha value is -2.25. The summed E-state index contributed by atoms with van der Waals surface area (Å²) in [6.45, 7) is 0.864. The smallest absolute Gasteiger partial charge is 0.319 e. The van der Waals surface area contributed by atoms with Gasteiger partial charge in [-0.25, -0.2) is 4.79 Å². The highest BCUT2D eigenvalue weighted by Gasteiger charge is 2.04. The van der Waals surface area contributed by atoms with E-state index in [0.717, 1.165) is 4.47 Å². The van der Waals surface area contributed by atoms with Gasteiger partial charge in [0.05, 0.1) is 18.1 Å². The molecule has 0 saturated heterocycles. The maximum absolute atomic E-state index is 11.8. The monoisotopic (exact) mass is 440 g/mol. The summed E-state index contributed by atoms with van der Waals surface area (Å²) in [6.07, 6.45) is 0.576. The van der Waals surface area contributed by atoms with Crippen LogP contribution in [0.25, 0.3) is 0 Å². The molecule has 3 N–H and O–H groups in total. The zero-order valence-corrected chi connectivity index (χ0v) is 16.1. The summed E-state index contributed by atoms with van der Waals surface area (Å²) < 4.78 is 6.44. The molecule has 0 aliphatic carbocycles. The van der Waals surface area contributed by atoms with Crippen molar-refractivity contribution < 1.29 is 19.4 Å². The number of benzene rings is 2. The van der Waals surface area contributed by atoms with E-state index in [1.165, 1.54) is 0 Å². The molecule has 2 rings (SSSR count). The van der Waals surface area contributed by atoms with Crippen LogP contribution in [0.15, 0.2) is 46.9 Å². The Morgan fingerprint density at radius 2 is 1.88 bits per heavy atom. The number of hydrogen-bond acceptors (Lipinski definition) is 3. The van der Waals surface area contributed by atoms with Gasteiger partial charge in [-0.2, -0.15) is 0 Å². The van der Waals surface area contributed by atoms with Gasteiger partial charge in [0.25, 0.3) is 0 Å². The van der Waals surface area contributed by atoms with Crippen LogP contribution in [-0.2, 0) is 11.2 Å². The number of anilines is 1. The normalized spacial score (nSPS) is 10.2. The van der Waals surface area contributed by atoms with Crippen molar-refractivity contribution in [3.05, 3.63) is 57.5 Å². The van der Waals surface area contributed by atoms with Gasteiger partial charge >= 0.3 is 12.0 Å². The van der Waals surface area contributed by atoms with Crippen LogP contribution < -0.4 is 15.4 Å². The van der Waals surface area contributed by atoms with E-state index >= 15 is 0 Å². The number of aliphatic carboxylic acids is 1. The van der Waals surface area contributed by atoms with E-state index in [0.29, 0.717) is 41.6 Å². The number of amides is 2. The quantitative estimate of drug-likeness (QED) is 0.532. The van der Waals surface area contributed by atoms with Gasteiger partial charge in [-0.05, 0) is 42.3 Å². The predicted molar refractivity (Wildman–Crippen MR) is 104 cm³/mol. The molecule has 2 aromatic rings. The maximum atomic E-state index is 11.8. The lowest BCUT2D eigenvalue weighted by Gasteiger charge is -2.10. The van der Waals surface area contributed by atoms with Gasteiger partial charge in [-0.15, -0.1) is 0 Å². The molecule has 0 radical (unpaired) electrons. The average molecular weight is 442 g/mol. The first kappa shape index (κ1) is 20.1. The molecule has 2 aromatic carbocycles. The summed E-state index contributed by atoms with van der Waals surface area (Å²) >= 11 is 9.38. The van der Waals surface area contributed by atoms with Gasteiger partial charge in [-0.1, -0.05) is 39.7 Å². The largest absolute Gasteiger partial charge is 0.492 e. The standard InChI is InChI=1S/C18H18BrClN2O4/c19-13-4-7-16(15(20)11-13)26-9-1-8-21-18(25)22-14-5-2-12(3-6-14)10-17(23)24/h2-7,11H,1,8-10H2,(H,23,24)(H2,21,22,25). The minimum Gasteiger partial charge on any atom is -0.492 e. The number of carbonyl (C=O) groups is 2. The number of carboxylic acid groups (broad SMARTS) is 1. The van der Waals surface area contributed by atoms with Gasteiger partial charge in [-0.3, -0.25) is 4.79 Å². The van der Waals surface area contributed by atoms with Crippen LogP contribution in [0, 0.1) is 0 Å². The SMILES string of the molecule is O=C(O)Cc1ccc(NC(=O)NCCCOc2ccc(Br)cc2Cl)cc1. The fourth-order valence-electron chi connectivity index (χ4n) is 2.10. The highest BCUT2D eigenvalue weighted by Crippen LogP contribution is 2.27. The number of urea groups is 1. The number of hydrogen-bond donors (Lipinski definition) is 3. The zero-order chi connectivity index (χ0) is 18.9. The van der Waals surface area contributed by atoms with Gasteiger partial charge in [0, 0.05) is 16.7 Å². The molecule has 138 valence electrons. The van der Waals surface area contributed by atoms with E-state index in [-0.39, 0.29) is 12.5 Å². The number of rotatable bonds is 8. The molecule has 0 aliphatic rings. The highest BCUT2D eigenvalue weighted by molar-refractivity contribution is 9.10. The van der Waals surface area contributed by atoms with E-state index in [1.807, 2.05) is 6.07 Å². The van der Waals surface area contributed by atoms with Crippen molar-refractivity contribution in [2.45, 2.75) is 12.8 Å². The first-order valence-corrected chi connectivity index (χ1v) is 9.04. The van der Waals surface area contributed by atoms with Crippen molar-refractivity contribution in [3.63, 3.8) is 0 Å². The number of halogens is 2. The van der Waals surface area contributed by atoms with Crippen LogP contribution >= 0.6 is 27.5 Å². The summed E-state index contributed by atoms with van der Waals surface area (Å²) in [7, 11) is 0. The van der Waals surface area contributed by atoms with Crippen LogP contribution in [0.3, 0.4) is 0 Å². The first-order valence-electron chi connectivity index (χ1n) is 7.87. The molecule has 8 heteroatoms. The van der Waals surface area contributed by atoms with E-state index in [4.69, 9.17) is 21.4 Å². The third-order valence-electron chi connectivity index (χ3n) is 3.33. The van der Waals surface area contributed by atoms with Crippen LogP contribution in [0.4, 0.5) is 10.5 Å². The third kappa shape index (κ3) is 6.93. The summed E-state index contributed by atoms with van der Waals surface area (Å²) in [4.78, 5) is 22.4. The summed E-state index contributed by atoms with van der Waals surface area (Å²) in [6, 6.07) is 11.7. The van der Waals surface area contributed by atoms with Gasteiger partial charge in [0.15, 0.2) is 0 Å². The fraction of sp³-hybridized carbons (Fsp3) is 0.222. The van der Waals surface area contributed by atoms with Crippen LogP contribution in [-0.4, -0.2) is 30.3 Å². The Kier molecular flexibility index (Phi) is 7.74. The van der Waals surface area contributed by atoms with Crippen molar-refractivity contribution in [1.82, 2.24) is 5.32 Å². The summed E-state index contributed by atoms with van der Waals surface area (Å²) in [5.41, 5.74) is 1.27. The molecule has 0 heterocycles. The molecule has 0 fully saturated rings. The van der Waals surface area contributed by atoms with Crippen LogP contribution in [0.5, 0.6) is 5.75 Å². The predicted octanol–water partition coefficient (Wildman–Crippen LogP) is 4.32. The number of ether oxygens (including phenoxy) is 1. The molecule has 0 unspecified atom stereocenters. The Bertz CT molecular complexity index is 768. The Balaban J connectivity index is 1.66. The molecular formula is C18H18BrClN2O4. The minimum atomic E-state index is -0.893. The lowest BCUT2D eigenvalue weighted by atomic mass is 10.1. The minimum absolute atomic E-state index is 0.0468. The van der Waals surface area contributed by atoms with Crippen molar-refractivity contribution in [2.24, 2.45) is 0 Å². The van der Waals surface area contributed by atoms with Gasteiger partial charge in [0.2, 0.25) is 0 Å². The molecule has 0 bridgehead atoms. The second kappa shape index (κ2) is 10.0. The second-order valence-electron chi connectivity index (χ2n) is 5.43. The zero-order valence-electron chi connectivity index (χ0n) is 13.8. The van der Waals surface area contributed by atoms with Crippen LogP contribution in [0.2, 0.25) is 5.02 Å². The van der Waals surface area contributed by atoms with E-state index < -0.39 is 5.97 Å². The lowest BCUT2D eigenvalue weighted by Crippen LogP contribution is -2.30. The van der Waals surface area contributed by atoms with Gasteiger partial charge < -0.3 is 20.5 Å². The lowest BCUT2D eigenvalue weighted by molar-refractivity contribution is -0.136. The molecule has 0 spiro atoms. The molecule has 0 atom stereocenters. The van der Waals surface area contributed by atoms with E-state index in [2.05, 4.69) is 26.6 Å². The Morgan fingerprint density at radius 3 is 2.54 bits per heavy atom. The third-order valence-corrected chi connectivity index (χ3v) is 4.11. The van der Waals surface area contributed by atoms with E-state index in [1.54, 1.807) is 36.4 Å². The topological polar surface area (TPSA) is 87.7 Å². The summed E-state index contributed by atoms with van der Waals surface area (Å²) in [5, 5.41) is 14.7. The van der Waals surface area contributed by atoms with Crippen molar-refractivity contribution >= 4 is 45.2 Å². The molecule has 0 saturated carbocycles. The van der Waals surface area contributed by atoms with Crippen molar-refractivity contribution in [1.29, 1.82) is 0 Å². The molecule has 6 nitrogen and oxygen atoms in total. The Labute approximate surface area is 164 Å². The van der Waals surface area contributed by atoms with Gasteiger partial charge in [0.1, 0.15) is 5.75 Å². The van der Waals surface area contributed by atoms with Crippen molar-refractivity contribution in [3.8, 4) is 5.75 Å². The van der Waals surface area contributed by atoms with E-state index in [9.17, 15) is 9.59 Å². The average Bonchev–Trinajstić information content (AvgIpc) is 2.57. The number of carboxylic acids is 1. The number of nitrogens with one attached hydrogen (secondary N) is 2. The number of carbonyl (C=O) groups excluding carboxylic acids is 1. The highest BCUT2D eigenvalue weighted by atomic mass is 79.9. The fourth-order valence-corrected chi connectivity index (χ4v) is 2.83. The van der Waals surface area contributed by atoms with Crippen LogP contribution in [0.1, 0.15) is 12.0 Å². The summed E-state index contributed by atoms with van der Waals surface area (Å²) in [5.74, 6) is -0.295. The second-order valence-corrected chi connectivity index (χ2v) is 6.75. The molecule has 2 amide bonds.